The molecule has 0 radical (unpaired) electrons. The van der Waals surface area contributed by atoms with Crippen LogP contribution in [0.3, 0.4) is 0 Å². The molecular formula is C16H24N2O. The van der Waals surface area contributed by atoms with Crippen molar-refractivity contribution in [2.45, 2.75) is 26.8 Å². The quantitative estimate of drug-likeness (QED) is 0.916. The summed E-state index contributed by atoms with van der Waals surface area (Å²) in [7, 11) is 2.10. The Kier molecular flexibility index (Phi) is 3.97. The molecule has 1 atom stereocenters. The first-order chi connectivity index (χ1) is 8.85. The van der Waals surface area contributed by atoms with Gasteiger partial charge in [0.25, 0.3) is 0 Å². The van der Waals surface area contributed by atoms with Gasteiger partial charge in [-0.2, -0.15) is 0 Å². The first kappa shape index (κ1) is 14.1. The molecule has 1 unspecified atom stereocenters. The van der Waals surface area contributed by atoms with Crippen LogP contribution < -0.4 is 5.73 Å². The Morgan fingerprint density at radius 2 is 1.95 bits per heavy atom. The predicted molar refractivity (Wildman–Crippen MR) is 80.1 cm³/mol. The normalized spacial score (nSPS) is 14.2. The summed E-state index contributed by atoms with van der Waals surface area (Å²) in [5.74, 6) is 0.863. The summed E-state index contributed by atoms with van der Waals surface area (Å²) >= 11 is 0. The smallest absolute Gasteiger partial charge is 0.134 e. The molecule has 104 valence electrons. The third kappa shape index (κ3) is 3.82. The van der Waals surface area contributed by atoms with Gasteiger partial charge in [0, 0.05) is 18.5 Å². The van der Waals surface area contributed by atoms with Gasteiger partial charge in [-0.3, -0.25) is 0 Å². The Balaban J connectivity index is 2.05. The van der Waals surface area contributed by atoms with Gasteiger partial charge in [-0.15, -0.1) is 0 Å². The Labute approximate surface area is 115 Å². The highest BCUT2D eigenvalue weighted by molar-refractivity contribution is 5.77. The van der Waals surface area contributed by atoms with E-state index in [-0.39, 0.29) is 11.5 Å². The molecule has 0 aliphatic heterocycles. The maximum absolute atomic E-state index is 6.24. The number of hydrogen-bond acceptors (Lipinski definition) is 3. The molecule has 3 nitrogen and oxygen atoms in total. The zero-order chi connectivity index (χ0) is 14.0. The summed E-state index contributed by atoms with van der Waals surface area (Å²) in [5.41, 5.74) is 7.43. The van der Waals surface area contributed by atoms with E-state index in [1.165, 1.54) is 0 Å². The Bertz CT molecular complexity index is 506. The molecule has 0 fully saturated rings. The lowest BCUT2D eigenvalue weighted by atomic mass is 9.96. The summed E-state index contributed by atoms with van der Waals surface area (Å²) in [5, 5.41) is 1.12. The molecule has 1 heterocycles. The van der Waals surface area contributed by atoms with Gasteiger partial charge in [-0.05, 0) is 24.6 Å². The second-order valence-electron chi connectivity index (χ2n) is 6.55. The second-order valence-corrected chi connectivity index (χ2v) is 6.55. The van der Waals surface area contributed by atoms with Crippen molar-refractivity contribution in [1.82, 2.24) is 4.90 Å². The third-order valence-corrected chi connectivity index (χ3v) is 3.06. The summed E-state index contributed by atoms with van der Waals surface area (Å²) in [6, 6.07) is 9.98. The Morgan fingerprint density at radius 3 is 2.58 bits per heavy atom. The molecule has 2 aromatic rings. The van der Waals surface area contributed by atoms with Crippen molar-refractivity contribution >= 4 is 11.0 Å². The maximum Gasteiger partial charge on any atom is 0.134 e. The van der Waals surface area contributed by atoms with Gasteiger partial charge in [-0.1, -0.05) is 39.0 Å². The van der Waals surface area contributed by atoms with Crippen molar-refractivity contribution in [2.24, 2.45) is 11.1 Å². The molecule has 0 spiro atoms. The number of fused-ring (bicyclic) bond motifs is 1. The monoisotopic (exact) mass is 260 g/mol. The first-order valence-corrected chi connectivity index (χ1v) is 6.78. The highest BCUT2D eigenvalue weighted by atomic mass is 16.3. The van der Waals surface area contributed by atoms with Gasteiger partial charge in [0.2, 0.25) is 0 Å². The van der Waals surface area contributed by atoms with E-state index >= 15 is 0 Å². The van der Waals surface area contributed by atoms with E-state index in [9.17, 15) is 0 Å². The minimum Gasteiger partial charge on any atom is -0.459 e. The van der Waals surface area contributed by atoms with E-state index < -0.39 is 0 Å². The van der Waals surface area contributed by atoms with Gasteiger partial charge in [0.1, 0.15) is 11.3 Å². The Hall–Kier alpha value is -1.32. The van der Waals surface area contributed by atoms with Crippen LogP contribution in [-0.4, -0.2) is 25.0 Å². The van der Waals surface area contributed by atoms with Crippen molar-refractivity contribution in [1.29, 1.82) is 0 Å². The van der Waals surface area contributed by atoms with Gasteiger partial charge in [-0.25, -0.2) is 0 Å². The summed E-state index contributed by atoms with van der Waals surface area (Å²) in [6.45, 7) is 8.51. The lowest BCUT2D eigenvalue weighted by Gasteiger charge is -2.27. The lowest BCUT2D eigenvalue weighted by molar-refractivity contribution is 0.212. The zero-order valence-electron chi connectivity index (χ0n) is 12.3. The van der Waals surface area contributed by atoms with E-state index in [1.54, 1.807) is 0 Å². The summed E-state index contributed by atoms with van der Waals surface area (Å²) in [4.78, 5) is 2.26. The standard InChI is InChI=1S/C16H24N2O/c1-16(2,3)11-18(4)10-13(17)15-9-12-7-5-6-8-14(12)19-15/h5-9,13H,10-11,17H2,1-4H3. The van der Waals surface area contributed by atoms with E-state index in [1.807, 2.05) is 30.3 Å². The van der Waals surface area contributed by atoms with Crippen LogP contribution in [-0.2, 0) is 0 Å². The number of furan rings is 1. The number of para-hydroxylation sites is 1. The van der Waals surface area contributed by atoms with Crippen LogP contribution in [0.25, 0.3) is 11.0 Å². The average molecular weight is 260 g/mol. The molecule has 3 heteroatoms. The van der Waals surface area contributed by atoms with E-state index in [0.29, 0.717) is 0 Å². The van der Waals surface area contributed by atoms with Crippen LogP contribution in [0.15, 0.2) is 34.7 Å². The molecule has 0 amide bonds. The van der Waals surface area contributed by atoms with Crippen molar-refractivity contribution in [2.75, 3.05) is 20.1 Å². The fourth-order valence-corrected chi connectivity index (χ4v) is 2.49. The van der Waals surface area contributed by atoms with Crippen LogP contribution >= 0.6 is 0 Å². The number of nitrogens with zero attached hydrogens (tertiary/aromatic N) is 1. The first-order valence-electron chi connectivity index (χ1n) is 6.78. The van der Waals surface area contributed by atoms with Gasteiger partial charge in [0.15, 0.2) is 0 Å². The van der Waals surface area contributed by atoms with Crippen LogP contribution in [0.5, 0.6) is 0 Å². The highest BCUT2D eigenvalue weighted by Gasteiger charge is 2.18. The number of benzene rings is 1. The molecule has 1 aromatic carbocycles. The predicted octanol–water partition coefficient (Wildman–Crippen LogP) is 3.41. The van der Waals surface area contributed by atoms with Crippen LogP contribution in [0.2, 0.25) is 0 Å². The minimum atomic E-state index is -0.0836. The zero-order valence-corrected chi connectivity index (χ0v) is 12.3. The maximum atomic E-state index is 6.24. The number of hydrogen-bond donors (Lipinski definition) is 1. The fraction of sp³-hybridized carbons (Fsp3) is 0.500. The summed E-state index contributed by atoms with van der Waals surface area (Å²) < 4.78 is 5.81. The highest BCUT2D eigenvalue weighted by Crippen LogP contribution is 2.23. The molecular weight excluding hydrogens is 236 g/mol. The van der Waals surface area contributed by atoms with Crippen LogP contribution in [0.1, 0.15) is 32.6 Å². The van der Waals surface area contributed by atoms with Crippen molar-refractivity contribution < 1.29 is 4.42 Å². The number of likely N-dealkylation sites (N-methyl/N-ethyl adjacent to an activating group) is 1. The van der Waals surface area contributed by atoms with Crippen molar-refractivity contribution in [3.05, 3.63) is 36.1 Å². The number of nitrogens with two attached hydrogens (primary N) is 1. The second kappa shape index (κ2) is 5.35. The fourth-order valence-electron chi connectivity index (χ4n) is 2.49. The molecule has 0 saturated heterocycles. The molecule has 0 saturated carbocycles. The molecule has 2 N–H and O–H groups in total. The van der Waals surface area contributed by atoms with Crippen LogP contribution in [0, 0.1) is 5.41 Å². The van der Waals surface area contributed by atoms with Crippen molar-refractivity contribution in [3.8, 4) is 0 Å². The van der Waals surface area contributed by atoms with E-state index in [2.05, 4.69) is 32.7 Å². The van der Waals surface area contributed by atoms with Gasteiger partial charge >= 0.3 is 0 Å². The SMILES string of the molecule is CN(CC(N)c1cc2ccccc2o1)CC(C)(C)C. The van der Waals surface area contributed by atoms with E-state index in [4.69, 9.17) is 10.2 Å². The molecule has 0 bridgehead atoms. The molecule has 19 heavy (non-hydrogen) atoms. The number of rotatable bonds is 4. The third-order valence-electron chi connectivity index (χ3n) is 3.06. The van der Waals surface area contributed by atoms with E-state index in [0.717, 1.165) is 29.8 Å². The molecule has 1 aromatic heterocycles. The lowest BCUT2D eigenvalue weighted by Crippen LogP contribution is -2.34. The van der Waals surface area contributed by atoms with Crippen LogP contribution in [0.4, 0.5) is 0 Å². The van der Waals surface area contributed by atoms with Gasteiger partial charge in [0.05, 0.1) is 6.04 Å². The minimum absolute atomic E-state index is 0.0836. The van der Waals surface area contributed by atoms with Crippen molar-refractivity contribution in [3.63, 3.8) is 0 Å². The summed E-state index contributed by atoms with van der Waals surface area (Å²) in [6.07, 6.45) is 0. The average Bonchev–Trinajstić information content (AvgIpc) is 2.69. The molecule has 0 aliphatic carbocycles. The largest absolute Gasteiger partial charge is 0.459 e. The molecule has 0 aliphatic rings. The van der Waals surface area contributed by atoms with Gasteiger partial charge < -0.3 is 15.1 Å². The topological polar surface area (TPSA) is 42.4 Å². The Morgan fingerprint density at radius 1 is 1.26 bits per heavy atom. The molecule has 2 rings (SSSR count).